The summed E-state index contributed by atoms with van der Waals surface area (Å²) >= 11 is 3.37. The first-order valence-corrected chi connectivity index (χ1v) is 13.2. The van der Waals surface area contributed by atoms with Gasteiger partial charge in [-0.3, -0.25) is 4.98 Å². The van der Waals surface area contributed by atoms with Crippen LogP contribution in [0.3, 0.4) is 0 Å². The Balaban J connectivity index is 1.49. The first kappa shape index (κ1) is 24.1. The molecule has 174 valence electrons. The quantitative estimate of drug-likeness (QED) is 0.255. The van der Waals surface area contributed by atoms with Crippen LogP contribution in [0, 0.1) is 0 Å². The number of sulfonamides is 1. The van der Waals surface area contributed by atoms with Gasteiger partial charge >= 0.3 is 0 Å². The summed E-state index contributed by atoms with van der Waals surface area (Å²) in [6.07, 6.45) is 2.24. The third kappa shape index (κ3) is 6.53. The Labute approximate surface area is 209 Å². The van der Waals surface area contributed by atoms with Crippen molar-refractivity contribution in [2.24, 2.45) is 0 Å². The van der Waals surface area contributed by atoms with Crippen LogP contribution in [0.15, 0.2) is 113 Å². The highest BCUT2D eigenvalue weighted by Crippen LogP contribution is 2.22. The summed E-state index contributed by atoms with van der Waals surface area (Å²) < 4.78 is 35.1. The molecule has 4 rings (SSSR count). The van der Waals surface area contributed by atoms with Gasteiger partial charge in [-0.15, -0.1) is 0 Å². The monoisotopic (exact) mass is 536 g/mol. The summed E-state index contributed by atoms with van der Waals surface area (Å²) in [7, 11) is -3.69. The Morgan fingerprint density at radius 1 is 0.794 bits per heavy atom. The number of halogens is 1. The van der Waals surface area contributed by atoms with Crippen molar-refractivity contribution in [2.45, 2.75) is 24.5 Å². The Morgan fingerprint density at radius 3 is 2.18 bits per heavy atom. The highest BCUT2D eigenvalue weighted by atomic mass is 79.9. The van der Waals surface area contributed by atoms with Crippen LogP contribution in [0.25, 0.3) is 0 Å². The first-order valence-electron chi connectivity index (χ1n) is 10.9. The zero-order valence-corrected chi connectivity index (χ0v) is 21.0. The van der Waals surface area contributed by atoms with E-state index in [-0.39, 0.29) is 11.4 Å². The standard InChI is InChI=1S/C27H25BrN2O3S/c28-24-11-15-27(16-12-24)34(31,32)30(19-17-25-8-4-5-18-29-25)20-22-9-13-26(14-10-22)33-21-23-6-2-1-3-7-23/h1-16,18H,17,19-21H2. The lowest BCUT2D eigenvalue weighted by Gasteiger charge is -2.22. The number of pyridine rings is 1. The summed E-state index contributed by atoms with van der Waals surface area (Å²) in [5.41, 5.74) is 2.82. The molecule has 0 radical (unpaired) electrons. The largest absolute Gasteiger partial charge is 0.489 e. The van der Waals surface area contributed by atoms with Crippen molar-refractivity contribution >= 4 is 26.0 Å². The fourth-order valence-corrected chi connectivity index (χ4v) is 5.15. The molecule has 0 fully saturated rings. The smallest absolute Gasteiger partial charge is 0.243 e. The fourth-order valence-electron chi connectivity index (χ4n) is 3.46. The molecule has 4 aromatic rings. The molecule has 0 saturated heterocycles. The van der Waals surface area contributed by atoms with Crippen LogP contribution in [0.1, 0.15) is 16.8 Å². The minimum Gasteiger partial charge on any atom is -0.489 e. The van der Waals surface area contributed by atoms with Crippen molar-refractivity contribution in [1.82, 2.24) is 9.29 Å². The van der Waals surface area contributed by atoms with Gasteiger partial charge < -0.3 is 4.74 Å². The Bertz CT molecular complexity index is 1280. The number of hydrogen-bond acceptors (Lipinski definition) is 4. The maximum atomic E-state index is 13.5. The molecule has 0 aliphatic heterocycles. The van der Waals surface area contributed by atoms with E-state index in [1.807, 2.05) is 72.8 Å². The Morgan fingerprint density at radius 2 is 1.50 bits per heavy atom. The predicted octanol–water partition coefficient (Wildman–Crippen LogP) is 5.86. The van der Waals surface area contributed by atoms with Crippen LogP contribution in [0.5, 0.6) is 5.75 Å². The minimum atomic E-state index is -3.69. The molecular formula is C27H25BrN2O3S. The van der Waals surface area contributed by atoms with Gasteiger partial charge in [0.1, 0.15) is 12.4 Å². The Kier molecular flexibility index (Phi) is 8.11. The van der Waals surface area contributed by atoms with Crippen LogP contribution in [0.4, 0.5) is 0 Å². The lowest BCUT2D eigenvalue weighted by Crippen LogP contribution is -2.32. The van der Waals surface area contributed by atoms with E-state index in [9.17, 15) is 8.42 Å². The highest BCUT2D eigenvalue weighted by Gasteiger charge is 2.24. The van der Waals surface area contributed by atoms with Gasteiger partial charge in [0.2, 0.25) is 10.0 Å². The van der Waals surface area contributed by atoms with E-state index < -0.39 is 10.0 Å². The van der Waals surface area contributed by atoms with E-state index in [4.69, 9.17) is 4.74 Å². The summed E-state index contributed by atoms with van der Waals surface area (Å²) in [4.78, 5) is 4.60. The predicted molar refractivity (Wildman–Crippen MR) is 137 cm³/mol. The third-order valence-corrected chi connectivity index (χ3v) is 7.71. The Hall–Kier alpha value is -3.00. The van der Waals surface area contributed by atoms with Gasteiger partial charge in [0.15, 0.2) is 0 Å². The molecule has 1 aromatic heterocycles. The average Bonchev–Trinajstić information content (AvgIpc) is 2.87. The molecular weight excluding hydrogens is 512 g/mol. The van der Waals surface area contributed by atoms with Gasteiger partial charge in [0.05, 0.1) is 4.90 Å². The van der Waals surface area contributed by atoms with Crippen molar-refractivity contribution in [3.05, 3.63) is 125 Å². The van der Waals surface area contributed by atoms with Gasteiger partial charge in [0.25, 0.3) is 0 Å². The molecule has 0 aliphatic rings. The van der Waals surface area contributed by atoms with E-state index in [1.165, 1.54) is 4.31 Å². The number of aromatic nitrogens is 1. The van der Waals surface area contributed by atoms with Crippen molar-refractivity contribution < 1.29 is 13.2 Å². The third-order valence-electron chi connectivity index (χ3n) is 5.33. The van der Waals surface area contributed by atoms with Crippen molar-refractivity contribution in [1.29, 1.82) is 0 Å². The van der Waals surface area contributed by atoms with E-state index in [0.29, 0.717) is 19.6 Å². The topological polar surface area (TPSA) is 59.5 Å². The molecule has 34 heavy (non-hydrogen) atoms. The highest BCUT2D eigenvalue weighted by molar-refractivity contribution is 9.10. The molecule has 1 heterocycles. The molecule has 5 nitrogen and oxygen atoms in total. The molecule has 0 saturated carbocycles. The van der Waals surface area contributed by atoms with Gasteiger partial charge in [0, 0.05) is 35.9 Å². The zero-order valence-electron chi connectivity index (χ0n) is 18.5. The second-order valence-electron chi connectivity index (χ2n) is 7.78. The molecule has 0 atom stereocenters. The molecule has 0 unspecified atom stereocenters. The summed E-state index contributed by atoms with van der Waals surface area (Å²) in [6.45, 7) is 1.06. The van der Waals surface area contributed by atoms with Crippen LogP contribution in [-0.2, 0) is 29.6 Å². The zero-order chi connectivity index (χ0) is 23.8. The van der Waals surface area contributed by atoms with E-state index in [1.54, 1.807) is 30.5 Å². The van der Waals surface area contributed by atoms with Crippen molar-refractivity contribution in [3.63, 3.8) is 0 Å². The van der Waals surface area contributed by atoms with Crippen LogP contribution in [-0.4, -0.2) is 24.3 Å². The number of ether oxygens (including phenoxy) is 1. The second-order valence-corrected chi connectivity index (χ2v) is 10.6. The minimum absolute atomic E-state index is 0.254. The number of nitrogens with zero attached hydrogens (tertiary/aromatic N) is 2. The van der Waals surface area contributed by atoms with Crippen molar-refractivity contribution in [2.75, 3.05) is 6.54 Å². The van der Waals surface area contributed by atoms with Crippen LogP contribution in [0.2, 0.25) is 0 Å². The molecule has 0 amide bonds. The number of rotatable bonds is 10. The average molecular weight is 537 g/mol. The van der Waals surface area contributed by atoms with Gasteiger partial charge in [-0.2, -0.15) is 4.31 Å². The fraction of sp³-hybridized carbons (Fsp3) is 0.148. The lowest BCUT2D eigenvalue weighted by molar-refractivity contribution is 0.306. The maximum Gasteiger partial charge on any atom is 0.243 e. The number of hydrogen-bond donors (Lipinski definition) is 0. The van der Waals surface area contributed by atoms with Crippen LogP contribution >= 0.6 is 15.9 Å². The molecule has 0 spiro atoms. The number of benzene rings is 3. The van der Waals surface area contributed by atoms with E-state index in [2.05, 4.69) is 20.9 Å². The maximum absolute atomic E-state index is 13.5. The first-order chi connectivity index (χ1) is 16.5. The second kappa shape index (κ2) is 11.4. The lowest BCUT2D eigenvalue weighted by atomic mass is 10.2. The molecule has 0 N–H and O–H groups in total. The van der Waals surface area contributed by atoms with Crippen molar-refractivity contribution in [3.8, 4) is 5.75 Å². The summed E-state index contributed by atoms with van der Waals surface area (Å²) in [5.74, 6) is 0.739. The van der Waals surface area contributed by atoms with Crippen LogP contribution < -0.4 is 4.74 Å². The molecule has 3 aromatic carbocycles. The normalized spacial score (nSPS) is 11.5. The SMILES string of the molecule is O=S(=O)(c1ccc(Br)cc1)N(CCc1ccccn1)Cc1ccc(OCc2ccccc2)cc1. The van der Waals surface area contributed by atoms with Gasteiger partial charge in [-0.05, 0) is 59.7 Å². The summed E-state index contributed by atoms with van der Waals surface area (Å²) in [6, 6.07) is 29.9. The molecule has 0 aliphatic carbocycles. The molecule has 0 bridgehead atoms. The summed E-state index contributed by atoms with van der Waals surface area (Å²) in [5, 5.41) is 0. The van der Waals surface area contributed by atoms with E-state index in [0.717, 1.165) is 27.0 Å². The van der Waals surface area contributed by atoms with Gasteiger partial charge in [-0.1, -0.05) is 64.5 Å². The van der Waals surface area contributed by atoms with Gasteiger partial charge in [-0.25, -0.2) is 8.42 Å². The van der Waals surface area contributed by atoms with E-state index >= 15 is 0 Å². The molecule has 7 heteroatoms.